The summed E-state index contributed by atoms with van der Waals surface area (Å²) in [5, 5.41) is 10.6. The molecule has 2 aromatic carbocycles. The number of amides is 1. The Labute approximate surface area is 199 Å². The highest BCUT2D eigenvalue weighted by Gasteiger charge is 2.44. The number of carbonyl (C=O) groups is 1. The zero-order valence-electron chi connectivity index (χ0n) is 18.7. The third-order valence-corrected chi connectivity index (χ3v) is 6.49. The summed E-state index contributed by atoms with van der Waals surface area (Å²) in [5.41, 5.74) is -0.433. The number of benzene rings is 2. The molecule has 1 fully saturated rings. The zero-order valence-corrected chi connectivity index (χ0v) is 20.2. The molecule has 0 saturated carbocycles. The van der Waals surface area contributed by atoms with Crippen molar-refractivity contribution in [3.05, 3.63) is 58.1 Å². The van der Waals surface area contributed by atoms with Crippen molar-refractivity contribution in [1.82, 2.24) is 4.90 Å². The van der Waals surface area contributed by atoms with E-state index in [0.717, 1.165) is 11.3 Å². The summed E-state index contributed by atoms with van der Waals surface area (Å²) in [7, 11) is 1.61. The van der Waals surface area contributed by atoms with E-state index in [1.165, 1.54) is 4.90 Å². The molecule has 0 unspecified atom stereocenters. The van der Waals surface area contributed by atoms with Crippen LogP contribution < -0.4 is 9.47 Å². The van der Waals surface area contributed by atoms with Crippen LogP contribution in [0, 0.1) is 5.41 Å². The second-order valence-corrected chi connectivity index (χ2v) is 9.85. The fourth-order valence-electron chi connectivity index (χ4n) is 3.65. The molecule has 1 heterocycles. The van der Waals surface area contributed by atoms with Gasteiger partial charge in [-0.2, -0.15) is 0 Å². The Bertz CT molecular complexity index is 944. The van der Waals surface area contributed by atoms with Gasteiger partial charge in [0.1, 0.15) is 23.7 Å². The maximum Gasteiger partial charge on any atom is 0.407 e. The first-order valence-electron chi connectivity index (χ1n) is 10.4. The minimum absolute atomic E-state index is 0.178. The Hall–Kier alpha value is -2.15. The molecule has 0 bridgehead atoms. The standard InChI is InChI=1S/C24H29Cl2NO5/c1-23(2,3)21-14-27(22(28)29)12-11-24(32-21,16-5-10-19(25)20(26)13-16)15-31-18-8-6-17(30-4)7-9-18/h5-10,13,21H,11-12,14-15H2,1-4H3,(H,28,29)/t21-,24+/m1/s1. The molecule has 32 heavy (non-hydrogen) atoms. The number of hydrogen-bond acceptors (Lipinski definition) is 4. The van der Waals surface area contributed by atoms with Gasteiger partial charge < -0.3 is 24.2 Å². The number of rotatable bonds is 5. The van der Waals surface area contributed by atoms with E-state index in [2.05, 4.69) is 0 Å². The van der Waals surface area contributed by atoms with Gasteiger partial charge in [0.15, 0.2) is 0 Å². The third-order valence-electron chi connectivity index (χ3n) is 5.75. The Morgan fingerprint density at radius 3 is 2.38 bits per heavy atom. The second kappa shape index (κ2) is 9.77. The normalized spacial score (nSPS) is 21.7. The van der Waals surface area contributed by atoms with Crippen LogP contribution in [0.3, 0.4) is 0 Å². The maximum atomic E-state index is 11.9. The Morgan fingerprint density at radius 2 is 1.81 bits per heavy atom. The number of hydrogen-bond donors (Lipinski definition) is 1. The molecule has 2 aromatic rings. The predicted octanol–water partition coefficient (Wildman–Crippen LogP) is 6.09. The number of methoxy groups -OCH3 is 1. The molecular weight excluding hydrogens is 453 g/mol. The summed E-state index contributed by atoms with van der Waals surface area (Å²) >= 11 is 12.5. The van der Waals surface area contributed by atoms with Gasteiger partial charge in [-0.1, -0.05) is 50.0 Å². The number of halogens is 2. The molecule has 1 amide bonds. The molecule has 0 aromatic heterocycles. The van der Waals surface area contributed by atoms with Gasteiger partial charge in [0.25, 0.3) is 0 Å². The summed E-state index contributed by atoms with van der Waals surface area (Å²) in [6.45, 7) is 6.85. The predicted molar refractivity (Wildman–Crippen MR) is 125 cm³/mol. The lowest BCUT2D eigenvalue weighted by Gasteiger charge is -2.40. The smallest absolute Gasteiger partial charge is 0.407 e. The van der Waals surface area contributed by atoms with Crippen molar-refractivity contribution in [1.29, 1.82) is 0 Å². The highest BCUT2D eigenvalue weighted by atomic mass is 35.5. The van der Waals surface area contributed by atoms with Crippen molar-refractivity contribution < 1.29 is 24.1 Å². The monoisotopic (exact) mass is 481 g/mol. The molecule has 0 aliphatic carbocycles. The van der Waals surface area contributed by atoms with E-state index in [0.29, 0.717) is 28.8 Å². The van der Waals surface area contributed by atoms with Crippen LogP contribution in [0.15, 0.2) is 42.5 Å². The summed E-state index contributed by atoms with van der Waals surface area (Å²) in [4.78, 5) is 13.3. The largest absolute Gasteiger partial charge is 0.497 e. The van der Waals surface area contributed by atoms with E-state index >= 15 is 0 Å². The molecular formula is C24H29Cl2NO5. The molecule has 0 radical (unpaired) electrons. The fourth-order valence-corrected chi connectivity index (χ4v) is 3.95. The molecule has 1 aliphatic rings. The van der Waals surface area contributed by atoms with Crippen molar-refractivity contribution >= 4 is 29.3 Å². The fraction of sp³-hybridized carbons (Fsp3) is 0.458. The third kappa shape index (κ3) is 5.61. The summed E-state index contributed by atoms with van der Waals surface area (Å²) in [5.74, 6) is 1.38. The average molecular weight is 482 g/mol. The van der Waals surface area contributed by atoms with Crippen LogP contribution in [0.1, 0.15) is 32.8 Å². The summed E-state index contributed by atoms with van der Waals surface area (Å²) in [6.07, 6.45) is -0.932. The molecule has 174 valence electrons. The second-order valence-electron chi connectivity index (χ2n) is 9.04. The molecule has 0 spiro atoms. The van der Waals surface area contributed by atoms with Crippen LogP contribution >= 0.6 is 23.2 Å². The van der Waals surface area contributed by atoms with Crippen LogP contribution in [-0.4, -0.2) is 49.0 Å². The van der Waals surface area contributed by atoms with Crippen LogP contribution in [0.5, 0.6) is 11.5 Å². The summed E-state index contributed by atoms with van der Waals surface area (Å²) in [6, 6.07) is 12.6. The minimum atomic E-state index is -0.969. The van der Waals surface area contributed by atoms with Gasteiger partial charge in [-0.25, -0.2) is 4.79 Å². The highest BCUT2D eigenvalue weighted by Crippen LogP contribution is 2.40. The molecule has 8 heteroatoms. The Morgan fingerprint density at radius 1 is 1.16 bits per heavy atom. The van der Waals surface area contributed by atoms with Crippen LogP contribution in [-0.2, 0) is 10.3 Å². The van der Waals surface area contributed by atoms with E-state index < -0.39 is 11.7 Å². The quantitative estimate of drug-likeness (QED) is 0.559. The van der Waals surface area contributed by atoms with Crippen LogP contribution in [0.2, 0.25) is 10.0 Å². The lowest BCUT2D eigenvalue weighted by molar-refractivity contribution is -0.146. The van der Waals surface area contributed by atoms with E-state index in [9.17, 15) is 9.90 Å². The van der Waals surface area contributed by atoms with Gasteiger partial charge >= 0.3 is 6.09 Å². The van der Waals surface area contributed by atoms with Gasteiger partial charge in [0.2, 0.25) is 0 Å². The number of ether oxygens (including phenoxy) is 3. The molecule has 1 aliphatic heterocycles. The lowest BCUT2D eigenvalue weighted by atomic mass is 9.86. The van der Waals surface area contributed by atoms with Crippen LogP contribution in [0.25, 0.3) is 0 Å². The van der Waals surface area contributed by atoms with Gasteiger partial charge in [-0.05, 0) is 47.4 Å². The molecule has 1 saturated heterocycles. The molecule has 6 nitrogen and oxygen atoms in total. The first-order valence-corrected chi connectivity index (χ1v) is 11.2. The highest BCUT2D eigenvalue weighted by molar-refractivity contribution is 6.42. The minimum Gasteiger partial charge on any atom is -0.497 e. The van der Waals surface area contributed by atoms with Gasteiger partial charge in [0.05, 0.1) is 29.8 Å². The van der Waals surface area contributed by atoms with Crippen molar-refractivity contribution in [2.24, 2.45) is 5.41 Å². The maximum absolute atomic E-state index is 11.9. The Kier molecular flexibility index (Phi) is 7.48. The number of nitrogens with zero attached hydrogens (tertiary/aromatic N) is 1. The average Bonchev–Trinajstić information content (AvgIpc) is 2.96. The lowest BCUT2D eigenvalue weighted by Crippen LogP contribution is -2.45. The van der Waals surface area contributed by atoms with E-state index in [1.807, 2.05) is 51.1 Å². The molecule has 1 N–H and O–H groups in total. The van der Waals surface area contributed by atoms with Crippen molar-refractivity contribution in [3.8, 4) is 11.5 Å². The van der Waals surface area contributed by atoms with Gasteiger partial charge in [0, 0.05) is 13.0 Å². The van der Waals surface area contributed by atoms with Gasteiger partial charge in [-0.15, -0.1) is 0 Å². The van der Waals surface area contributed by atoms with Crippen molar-refractivity contribution in [2.45, 2.75) is 38.9 Å². The molecule has 2 atom stereocenters. The van der Waals surface area contributed by atoms with E-state index in [1.54, 1.807) is 19.2 Å². The SMILES string of the molecule is COc1ccc(OC[C@]2(c3ccc(Cl)c(Cl)c3)CCN(C(=O)O)C[C@H](C(C)(C)C)O2)cc1. The van der Waals surface area contributed by atoms with E-state index in [4.69, 9.17) is 37.4 Å². The topological polar surface area (TPSA) is 68.2 Å². The first kappa shape index (κ1) is 24.5. The zero-order chi connectivity index (χ0) is 23.5. The van der Waals surface area contributed by atoms with E-state index in [-0.39, 0.29) is 24.7 Å². The van der Waals surface area contributed by atoms with Crippen molar-refractivity contribution in [3.63, 3.8) is 0 Å². The first-order chi connectivity index (χ1) is 15.0. The van der Waals surface area contributed by atoms with Crippen LogP contribution in [0.4, 0.5) is 4.79 Å². The van der Waals surface area contributed by atoms with Crippen molar-refractivity contribution in [2.75, 3.05) is 26.8 Å². The Balaban J connectivity index is 2.01. The molecule has 3 rings (SSSR count). The van der Waals surface area contributed by atoms with Gasteiger partial charge in [-0.3, -0.25) is 0 Å². The summed E-state index contributed by atoms with van der Waals surface area (Å²) < 4.78 is 18.1. The number of carboxylic acid groups (broad SMARTS) is 1.